The number of nitrogens with one attached hydrogen (secondary N) is 1. The maximum atomic E-state index is 14.6. The van der Waals surface area contributed by atoms with Crippen molar-refractivity contribution in [2.24, 2.45) is 10.9 Å². The van der Waals surface area contributed by atoms with Crippen molar-refractivity contribution in [3.05, 3.63) is 80.0 Å². The average Bonchev–Trinajstić information content (AvgIpc) is 3.57. The molecule has 0 radical (unpaired) electrons. The predicted octanol–water partition coefficient (Wildman–Crippen LogP) is 4.76. The highest BCUT2D eigenvalue weighted by Crippen LogP contribution is 2.41. The summed E-state index contributed by atoms with van der Waals surface area (Å²) >= 11 is 7.61. The topological polar surface area (TPSA) is 109 Å². The number of hydrogen-bond acceptors (Lipinski definition) is 11. The standard InChI is InChI=1S/C29H29ClF2N6O4S/c1-37(2)19-14-34-20(13-17(19)28(39)41-3)38-10-7-15(8-11-38)24-21(29(40)42-4)25(16-5-6-18(31)23(32)22(16)30)36-26(35-24)27-33-9-12-43-27/h5-6,9,12-15,25H,7-8,10-11H2,1-4H3,(H,35,36). The van der Waals surface area contributed by atoms with E-state index in [0.29, 0.717) is 59.5 Å². The number of carbonyl (C=O) groups excluding carboxylic acids is 2. The second-order valence-electron chi connectivity index (χ2n) is 10.1. The lowest BCUT2D eigenvalue weighted by Gasteiger charge is -2.37. The molecule has 2 aliphatic heterocycles. The molecule has 0 bridgehead atoms. The Labute approximate surface area is 256 Å². The third-order valence-electron chi connectivity index (χ3n) is 7.46. The largest absolute Gasteiger partial charge is 0.466 e. The Morgan fingerprint density at radius 3 is 2.47 bits per heavy atom. The Bertz CT molecular complexity index is 1610. The summed E-state index contributed by atoms with van der Waals surface area (Å²) in [6.07, 6.45) is 4.45. The third-order valence-corrected chi connectivity index (χ3v) is 8.62. The fourth-order valence-corrected chi connectivity index (χ4v) is 6.13. The second kappa shape index (κ2) is 12.6. The quantitative estimate of drug-likeness (QED) is 0.292. The molecule has 43 heavy (non-hydrogen) atoms. The van der Waals surface area contributed by atoms with E-state index < -0.39 is 34.6 Å². The highest BCUT2D eigenvalue weighted by molar-refractivity contribution is 7.11. The fourth-order valence-electron chi connectivity index (χ4n) is 5.28. The zero-order valence-electron chi connectivity index (χ0n) is 23.9. The minimum atomic E-state index is -1.22. The monoisotopic (exact) mass is 630 g/mol. The van der Waals surface area contributed by atoms with Crippen LogP contribution in [0.4, 0.5) is 20.3 Å². The van der Waals surface area contributed by atoms with E-state index in [1.54, 1.807) is 28.7 Å². The number of aliphatic imine (C=N–C) groups is 1. The Kier molecular flexibility index (Phi) is 8.92. The molecule has 1 saturated heterocycles. The average molecular weight is 631 g/mol. The van der Waals surface area contributed by atoms with Crippen LogP contribution >= 0.6 is 22.9 Å². The van der Waals surface area contributed by atoms with Gasteiger partial charge in [0, 0.05) is 55.9 Å². The van der Waals surface area contributed by atoms with Crippen LogP contribution in [0.3, 0.4) is 0 Å². The first kappa shape index (κ1) is 30.4. The molecule has 1 aromatic carbocycles. The second-order valence-corrected chi connectivity index (χ2v) is 11.4. The number of nitrogens with zero attached hydrogens (tertiary/aromatic N) is 5. The molecule has 3 aromatic rings. The molecular formula is C29H29ClF2N6O4S. The van der Waals surface area contributed by atoms with Crippen molar-refractivity contribution >= 4 is 52.2 Å². The smallest absolute Gasteiger partial charge is 0.340 e. The first-order valence-corrected chi connectivity index (χ1v) is 14.6. The third kappa shape index (κ3) is 5.91. The Morgan fingerprint density at radius 2 is 1.84 bits per heavy atom. The number of allylic oxidation sites excluding steroid dienone is 1. The van der Waals surface area contributed by atoms with Crippen molar-refractivity contribution in [2.45, 2.75) is 18.9 Å². The Balaban J connectivity index is 1.51. The van der Waals surface area contributed by atoms with Gasteiger partial charge in [-0.25, -0.2) is 28.3 Å². The first-order chi connectivity index (χ1) is 20.6. The molecule has 226 valence electrons. The molecule has 1 fully saturated rings. The number of thiazole rings is 1. The van der Waals surface area contributed by atoms with Crippen LogP contribution in [0.5, 0.6) is 0 Å². The van der Waals surface area contributed by atoms with Crippen LogP contribution < -0.4 is 15.1 Å². The van der Waals surface area contributed by atoms with Gasteiger partial charge in [-0.2, -0.15) is 0 Å². The van der Waals surface area contributed by atoms with Crippen LogP contribution in [-0.2, 0) is 14.3 Å². The maximum Gasteiger partial charge on any atom is 0.340 e. The lowest BCUT2D eigenvalue weighted by atomic mass is 9.85. The van der Waals surface area contributed by atoms with Gasteiger partial charge in [-0.3, -0.25) is 4.99 Å². The number of hydrogen-bond donors (Lipinski definition) is 1. The van der Waals surface area contributed by atoms with Gasteiger partial charge in [-0.15, -0.1) is 11.3 Å². The van der Waals surface area contributed by atoms with Gasteiger partial charge in [0.1, 0.15) is 11.9 Å². The zero-order valence-corrected chi connectivity index (χ0v) is 25.4. The van der Waals surface area contributed by atoms with Gasteiger partial charge < -0.3 is 24.6 Å². The number of aromatic nitrogens is 2. The van der Waals surface area contributed by atoms with Crippen LogP contribution in [0, 0.1) is 17.6 Å². The van der Waals surface area contributed by atoms with E-state index in [1.807, 2.05) is 14.1 Å². The van der Waals surface area contributed by atoms with Gasteiger partial charge in [0.05, 0.1) is 42.3 Å². The number of piperidine rings is 1. The first-order valence-electron chi connectivity index (χ1n) is 13.4. The molecule has 10 nitrogen and oxygen atoms in total. The molecule has 1 unspecified atom stereocenters. The van der Waals surface area contributed by atoms with Crippen molar-refractivity contribution in [1.82, 2.24) is 15.3 Å². The van der Waals surface area contributed by atoms with E-state index in [9.17, 15) is 18.4 Å². The van der Waals surface area contributed by atoms with Crippen molar-refractivity contribution in [3.63, 3.8) is 0 Å². The molecule has 0 amide bonds. The molecule has 1 N–H and O–H groups in total. The number of esters is 2. The number of anilines is 2. The van der Waals surface area contributed by atoms with Crippen molar-refractivity contribution in [2.75, 3.05) is 51.2 Å². The summed E-state index contributed by atoms with van der Waals surface area (Å²) in [5.74, 6) is -2.61. The van der Waals surface area contributed by atoms with E-state index in [4.69, 9.17) is 26.1 Å². The Morgan fingerprint density at radius 1 is 1.12 bits per heavy atom. The summed E-state index contributed by atoms with van der Waals surface area (Å²) in [5.41, 5.74) is 1.90. The van der Waals surface area contributed by atoms with Crippen LogP contribution in [-0.4, -0.2) is 69.1 Å². The maximum absolute atomic E-state index is 14.6. The van der Waals surface area contributed by atoms with E-state index >= 15 is 0 Å². The molecular weight excluding hydrogens is 602 g/mol. The summed E-state index contributed by atoms with van der Waals surface area (Å²) in [6, 6.07) is 2.94. The molecule has 0 spiro atoms. The van der Waals surface area contributed by atoms with Crippen LogP contribution in [0.25, 0.3) is 0 Å². The van der Waals surface area contributed by atoms with E-state index in [-0.39, 0.29) is 17.1 Å². The number of halogens is 3. The van der Waals surface area contributed by atoms with Gasteiger partial charge in [0.15, 0.2) is 22.5 Å². The summed E-state index contributed by atoms with van der Waals surface area (Å²) in [6.45, 7) is 1.11. The van der Waals surface area contributed by atoms with Gasteiger partial charge in [-0.1, -0.05) is 17.7 Å². The molecule has 2 aliphatic rings. The number of benzene rings is 1. The molecule has 1 atom stereocenters. The minimum Gasteiger partial charge on any atom is -0.466 e. The lowest BCUT2D eigenvalue weighted by molar-refractivity contribution is -0.136. The van der Waals surface area contributed by atoms with Gasteiger partial charge in [0.2, 0.25) is 0 Å². The number of ether oxygens (including phenoxy) is 2. The molecule has 14 heteroatoms. The van der Waals surface area contributed by atoms with Crippen LogP contribution in [0.2, 0.25) is 5.02 Å². The molecule has 5 rings (SSSR count). The number of rotatable bonds is 7. The molecule has 0 saturated carbocycles. The number of amidine groups is 1. The van der Waals surface area contributed by atoms with E-state index in [2.05, 4.69) is 20.2 Å². The van der Waals surface area contributed by atoms with Crippen molar-refractivity contribution < 1.29 is 27.8 Å². The van der Waals surface area contributed by atoms with Gasteiger partial charge in [0.25, 0.3) is 0 Å². The summed E-state index contributed by atoms with van der Waals surface area (Å²) in [4.78, 5) is 43.2. The van der Waals surface area contributed by atoms with Crippen LogP contribution in [0.15, 0.2) is 52.2 Å². The molecule has 2 aromatic heterocycles. The number of pyridine rings is 1. The highest BCUT2D eigenvalue weighted by Gasteiger charge is 2.38. The van der Waals surface area contributed by atoms with Gasteiger partial charge in [-0.05, 0) is 25.0 Å². The number of methoxy groups -OCH3 is 2. The lowest BCUT2D eigenvalue weighted by Crippen LogP contribution is -2.41. The predicted molar refractivity (Wildman–Crippen MR) is 160 cm³/mol. The molecule has 0 aliphatic carbocycles. The Hall–Kier alpha value is -4.10. The number of carbonyl (C=O) groups is 2. The molecule has 4 heterocycles. The van der Waals surface area contributed by atoms with E-state index in [0.717, 1.165) is 6.07 Å². The van der Waals surface area contributed by atoms with Crippen LogP contribution in [0.1, 0.15) is 39.8 Å². The highest BCUT2D eigenvalue weighted by atomic mass is 35.5. The summed E-state index contributed by atoms with van der Waals surface area (Å²) in [7, 11) is 6.23. The van der Waals surface area contributed by atoms with Crippen molar-refractivity contribution in [3.8, 4) is 0 Å². The summed E-state index contributed by atoms with van der Waals surface area (Å²) in [5, 5.41) is 5.19. The van der Waals surface area contributed by atoms with E-state index in [1.165, 1.54) is 31.6 Å². The van der Waals surface area contributed by atoms with Crippen molar-refractivity contribution in [1.29, 1.82) is 0 Å². The normalized spacial score (nSPS) is 17.3. The zero-order chi connectivity index (χ0) is 30.8. The van der Waals surface area contributed by atoms with Gasteiger partial charge >= 0.3 is 11.9 Å². The summed E-state index contributed by atoms with van der Waals surface area (Å²) < 4.78 is 38.7. The fraction of sp³-hybridized carbons (Fsp3) is 0.345. The SMILES string of the molecule is COC(=O)C1=C(C2CCN(c3cc(C(=O)OC)c(N(C)C)cn3)CC2)NC(c2nccs2)=NC1c1ccc(F)c(F)c1Cl. The minimum absolute atomic E-state index is 0.131.